The first-order valence-electron chi connectivity index (χ1n) is 8.16. The van der Waals surface area contributed by atoms with Crippen LogP contribution in [0.1, 0.15) is 12.8 Å². The van der Waals surface area contributed by atoms with Gasteiger partial charge in [-0.15, -0.1) is 0 Å². The van der Waals surface area contributed by atoms with Gasteiger partial charge in [0.1, 0.15) is 10.6 Å². The molecule has 0 saturated carbocycles. The second kappa shape index (κ2) is 7.64. The molecule has 1 fully saturated rings. The average Bonchev–Trinajstić information content (AvgIpc) is 3.09. The van der Waals surface area contributed by atoms with Crippen molar-refractivity contribution in [2.45, 2.75) is 23.8 Å². The maximum atomic E-state index is 12.7. The van der Waals surface area contributed by atoms with Crippen molar-refractivity contribution in [3.63, 3.8) is 0 Å². The van der Waals surface area contributed by atoms with E-state index in [4.69, 9.17) is 16.3 Å². The third kappa shape index (κ3) is 4.08. The van der Waals surface area contributed by atoms with Crippen molar-refractivity contribution in [3.8, 4) is 5.75 Å². The van der Waals surface area contributed by atoms with Crippen molar-refractivity contribution in [2.24, 2.45) is 0 Å². The molecule has 0 radical (unpaired) electrons. The number of rotatable bonds is 6. The van der Waals surface area contributed by atoms with Crippen LogP contribution in [0, 0.1) is 0 Å². The zero-order valence-electron chi connectivity index (χ0n) is 14.0. The second-order valence-corrected chi connectivity index (χ2v) is 8.14. The molecular formula is C18H21ClN2O3S. The summed E-state index contributed by atoms with van der Waals surface area (Å²) < 4.78 is 33.3. The first-order valence-corrected chi connectivity index (χ1v) is 10.0. The molecule has 2 aromatic carbocycles. The van der Waals surface area contributed by atoms with E-state index in [1.54, 1.807) is 12.1 Å². The summed E-state index contributed by atoms with van der Waals surface area (Å²) in [6.07, 6.45) is 1.99. The quantitative estimate of drug-likeness (QED) is 0.835. The predicted molar refractivity (Wildman–Crippen MR) is 100 cm³/mol. The summed E-state index contributed by atoms with van der Waals surface area (Å²) in [6.45, 7) is 1.27. The van der Waals surface area contributed by atoms with Crippen LogP contribution in [0.25, 0.3) is 0 Å². The Kier molecular flexibility index (Phi) is 5.51. The Labute approximate surface area is 153 Å². The Hall–Kier alpha value is -1.76. The molecule has 1 atom stereocenters. The van der Waals surface area contributed by atoms with Gasteiger partial charge in [-0.2, -0.15) is 0 Å². The minimum atomic E-state index is -3.70. The van der Waals surface area contributed by atoms with Crippen molar-refractivity contribution in [2.75, 3.05) is 25.1 Å². The van der Waals surface area contributed by atoms with E-state index in [0.717, 1.165) is 25.1 Å². The molecule has 1 unspecified atom stereocenters. The van der Waals surface area contributed by atoms with E-state index < -0.39 is 10.0 Å². The molecule has 7 heteroatoms. The molecule has 134 valence electrons. The lowest BCUT2D eigenvalue weighted by atomic mass is 10.2. The zero-order chi connectivity index (χ0) is 17.9. The van der Waals surface area contributed by atoms with Gasteiger partial charge in [-0.25, -0.2) is 13.1 Å². The predicted octanol–water partition coefficient (Wildman–Crippen LogP) is 3.30. The van der Waals surface area contributed by atoms with E-state index in [-0.39, 0.29) is 16.7 Å². The maximum Gasteiger partial charge on any atom is 0.244 e. The number of benzene rings is 2. The lowest BCUT2D eigenvalue weighted by Gasteiger charge is -2.27. The first-order chi connectivity index (χ1) is 12.0. The van der Waals surface area contributed by atoms with Gasteiger partial charge in [0.25, 0.3) is 0 Å². The average molecular weight is 381 g/mol. The van der Waals surface area contributed by atoms with Gasteiger partial charge < -0.3 is 9.64 Å². The van der Waals surface area contributed by atoms with E-state index in [0.29, 0.717) is 11.6 Å². The summed E-state index contributed by atoms with van der Waals surface area (Å²) in [6, 6.07) is 14.8. The molecule has 1 heterocycles. The molecule has 1 N–H and O–H groups in total. The number of hydrogen-bond acceptors (Lipinski definition) is 4. The molecule has 2 aromatic rings. The summed E-state index contributed by atoms with van der Waals surface area (Å²) in [5.74, 6) is 0.281. The van der Waals surface area contributed by atoms with Crippen LogP contribution in [0.15, 0.2) is 53.4 Å². The SMILES string of the molecule is COc1ccc(Cl)cc1S(=O)(=O)NCC1CCCN1c1ccccc1. The van der Waals surface area contributed by atoms with Gasteiger partial charge >= 0.3 is 0 Å². The van der Waals surface area contributed by atoms with E-state index >= 15 is 0 Å². The third-order valence-electron chi connectivity index (χ3n) is 4.39. The molecule has 3 rings (SSSR count). The van der Waals surface area contributed by atoms with Crippen molar-refractivity contribution in [3.05, 3.63) is 53.6 Å². The number of para-hydroxylation sites is 1. The Morgan fingerprint density at radius 3 is 2.72 bits per heavy atom. The first kappa shape index (κ1) is 18.0. The van der Waals surface area contributed by atoms with Crippen LogP contribution < -0.4 is 14.4 Å². The van der Waals surface area contributed by atoms with Crippen LogP contribution in [0.3, 0.4) is 0 Å². The summed E-state index contributed by atoms with van der Waals surface area (Å²) in [7, 11) is -2.26. The second-order valence-electron chi connectivity index (χ2n) is 5.97. The van der Waals surface area contributed by atoms with Crippen LogP contribution in [-0.4, -0.2) is 34.7 Å². The molecule has 1 aliphatic heterocycles. The molecule has 25 heavy (non-hydrogen) atoms. The van der Waals surface area contributed by atoms with E-state index in [9.17, 15) is 8.42 Å². The van der Waals surface area contributed by atoms with E-state index in [1.165, 1.54) is 13.2 Å². The topological polar surface area (TPSA) is 58.6 Å². The minimum absolute atomic E-state index is 0.0618. The molecule has 0 spiro atoms. The molecule has 0 aliphatic carbocycles. The number of nitrogens with one attached hydrogen (secondary N) is 1. The number of halogens is 1. The third-order valence-corrected chi connectivity index (χ3v) is 6.07. The van der Waals surface area contributed by atoms with Crippen LogP contribution in [-0.2, 0) is 10.0 Å². The van der Waals surface area contributed by atoms with Crippen molar-refractivity contribution in [1.82, 2.24) is 4.72 Å². The lowest BCUT2D eigenvalue weighted by Crippen LogP contribution is -2.40. The number of ether oxygens (including phenoxy) is 1. The number of anilines is 1. The maximum absolute atomic E-state index is 12.7. The molecule has 0 aromatic heterocycles. The Morgan fingerprint density at radius 1 is 1.24 bits per heavy atom. The van der Waals surface area contributed by atoms with Gasteiger partial charge in [-0.1, -0.05) is 29.8 Å². The summed E-state index contributed by atoms with van der Waals surface area (Å²) in [4.78, 5) is 2.31. The summed E-state index contributed by atoms with van der Waals surface area (Å²) >= 11 is 5.95. The highest BCUT2D eigenvalue weighted by atomic mass is 35.5. The smallest absolute Gasteiger partial charge is 0.244 e. The molecule has 0 amide bonds. The highest BCUT2D eigenvalue weighted by Crippen LogP contribution is 2.28. The van der Waals surface area contributed by atoms with Crippen molar-refractivity contribution >= 4 is 27.3 Å². The summed E-state index contributed by atoms with van der Waals surface area (Å²) in [5.41, 5.74) is 1.12. The largest absolute Gasteiger partial charge is 0.495 e. The molecular weight excluding hydrogens is 360 g/mol. The van der Waals surface area contributed by atoms with Gasteiger partial charge in [0.15, 0.2) is 0 Å². The van der Waals surface area contributed by atoms with Gasteiger partial charge in [-0.05, 0) is 43.2 Å². The van der Waals surface area contributed by atoms with E-state index in [1.807, 2.05) is 30.3 Å². The molecule has 1 aliphatic rings. The van der Waals surface area contributed by atoms with Crippen LogP contribution in [0.5, 0.6) is 5.75 Å². The van der Waals surface area contributed by atoms with Gasteiger partial charge in [0, 0.05) is 29.8 Å². The molecule has 1 saturated heterocycles. The fourth-order valence-electron chi connectivity index (χ4n) is 3.15. The summed E-state index contributed by atoms with van der Waals surface area (Å²) in [5, 5.41) is 0.355. The van der Waals surface area contributed by atoms with Crippen molar-refractivity contribution in [1.29, 1.82) is 0 Å². The fraction of sp³-hybridized carbons (Fsp3) is 0.333. The zero-order valence-corrected chi connectivity index (χ0v) is 15.6. The number of hydrogen-bond donors (Lipinski definition) is 1. The van der Waals surface area contributed by atoms with Gasteiger partial charge in [-0.3, -0.25) is 0 Å². The Balaban J connectivity index is 1.75. The lowest BCUT2D eigenvalue weighted by molar-refractivity contribution is 0.402. The molecule has 0 bridgehead atoms. The standard InChI is InChI=1S/C18H21ClN2O3S/c1-24-17-10-9-14(19)12-18(17)25(22,23)20-13-16-8-5-11-21(16)15-6-3-2-4-7-15/h2-4,6-7,9-10,12,16,20H,5,8,11,13H2,1H3. The minimum Gasteiger partial charge on any atom is -0.495 e. The van der Waals surface area contributed by atoms with Crippen molar-refractivity contribution < 1.29 is 13.2 Å². The normalized spacial score (nSPS) is 17.7. The number of sulfonamides is 1. The van der Waals surface area contributed by atoms with Gasteiger partial charge in [0.05, 0.1) is 7.11 Å². The molecule has 5 nitrogen and oxygen atoms in total. The number of nitrogens with zero attached hydrogens (tertiary/aromatic N) is 1. The fourth-order valence-corrected chi connectivity index (χ4v) is 4.65. The highest BCUT2D eigenvalue weighted by Gasteiger charge is 2.27. The van der Waals surface area contributed by atoms with Crippen LogP contribution in [0.4, 0.5) is 5.69 Å². The van der Waals surface area contributed by atoms with Crippen LogP contribution in [0.2, 0.25) is 5.02 Å². The Morgan fingerprint density at radius 2 is 2.00 bits per heavy atom. The van der Waals surface area contributed by atoms with Gasteiger partial charge in [0.2, 0.25) is 10.0 Å². The van der Waals surface area contributed by atoms with Crippen LogP contribution >= 0.6 is 11.6 Å². The number of methoxy groups -OCH3 is 1. The highest BCUT2D eigenvalue weighted by molar-refractivity contribution is 7.89. The van der Waals surface area contributed by atoms with E-state index in [2.05, 4.69) is 9.62 Å². The Bertz CT molecular complexity index is 827. The monoisotopic (exact) mass is 380 g/mol.